The third kappa shape index (κ3) is 2.62. The summed E-state index contributed by atoms with van der Waals surface area (Å²) in [7, 11) is 0. The van der Waals surface area contributed by atoms with E-state index in [1.807, 2.05) is 29.6 Å². The summed E-state index contributed by atoms with van der Waals surface area (Å²) in [5.41, 5.74) is 6.42. The van der Waals surface area contributed by atoms with Crippen LogP contribution in [-0.2, 0) is 6.54 Å². The molecule has 140 valence electrons. The lowest BCUT2D eigenvalue weighted by atomic mass is 10.2. The summed E-state index contributed by atoms with van der Waals surface area (Å²) in [5, 5.41) is 1.88. The van der Waals surface area contributed by atoms with Gasteiger partial charge in [-0.15, -0.1) is 11.3 Å². The van der Waals surface area contributed by atoms with Gasteiger partial charge < -0.3 is 20.2 Å². The molecule has 1 aliphatic heterocycles. The number of hydrogen-bond acceptors (Lipinski definition) is 7. The number of H-pyrrole nitrogens is 1. The van der Waals surface area contributed by atoms with Crippen molar-refractivity contribution in [2.24, 2.45) is 5.73 Å². The van der Waals surface area contributed by atoms with Crippen LogP contribution in [0.3, 0.4) is 0 Å². The van der Waals surface area contributed by atoms with Crippen molar-refractivity contribution >= 4 is 28.4 Å². The summed E-state index contributed by atoms with van der Waals surface area (Å²) in [5.74, 6) is 0.891. The van der Waals surface area contributed by atoms with Crippen molar-refractivity contribution in [3.05, 3.63) is 57.5 Å². The first-order valence-electron chi connectivity index (χ1n) is 8.33. The summed E-state index contributed by atoms with van der Waals surface area (Å²) in [4.78, 5) is 36.7. The van der Waals surface area contributed by atoms with E-state index < -0.39 is 11.6 Å². The lowest BCUT2D eigenvalue weighted by Gasteiger charge is -2.06. The van der Waals surface area contributed by atoms with Gasteiger partial charge in [0.1, 0.15) is 5.52 Å². The molecule has 0 fully saturated rings. The smallest absolute Gasteiger partial charge is 0.328 e. The van der Waals surface area contributed by atoms with Gasteiger partial charge in [0.25, 0.3) is 5.91 Å². The van der Waals surface area contributed by atoms with Crippen LogP contribution in [0.4, 0.5) is 0 Å². The van der Waals surface area contributed by atoms with Crippen LogP contribution < -0.4 is 20.9 Å². The molecule has 10 heteroatoms. The second-order valence-electron chi connectivity index (χ2n) is 6.14. The fraction of sp³-hybridized carbons (Fsp3) is 0.111. The van der Waals surface area contributed by atoms with Crippen LogP contribution in [0.15, 0.2) is 40.5 Å². The summed E-state index contributed by atoms with van der Waals surface area (Å²) in [6.45, 7) is 0.403. The zero-order valence-electron chi connectivity index (χ0n) is 14.3. The van der Waals surface area contributed by atoms with E-state index in [1.54, 1.807) is 6.07 Å². The average Bonchev–Trinajstić information content (AvgIpc) is 3.41. The van der Waals surface area contributed by atoms with Crippen LogP contribution in [0.1, 0.15) is 16.1 Å². The number of ether oxygens (including phenoxy) is 2. The highest BCUT2D eigenvalue weighted by Gasteiger charge is 2.20. The van der Waals surface area contributed by atoms with Gasteiger partial charge in [0.05, 0.1) is 11.4 Å². The topological polar surface area (TPSA) is 125 Å². The van der Waals surface area contributed by atoms with Crippen molar-refractivity contribution < 1.29 is 14.3 Å². The van der Waals surface area contributed by atoms with Gasteiger partial charge >= 0.3 is 5.69 Å². The maximum absolute atomic E-state index is 12.6. The Bertz CT molecular complexity index is 1280. The number of nitrogens with zero attached hydrogens (tertiary/aromatic N) is 3. The van der Waals surface area contributed by atoms with E-state index in [-0.39, 0.29) is 24.5 Å². The van der Waals surface area contributed by atoms with Crippen molar-refractivity contribution in [1.82, 2.24) is 19.5 Å². The molecule has 0 radical (unpaired) electrons. The first-order valence-corrected chi connectivity index (χ1v) is 9.21. The second kappa shape index (κ2) is 6.20. The zero-order valence-corrected chi connectivity index (χ0v) is 15.2. The monoisotopic (exact) mass is 395 g/mol. The standard InChI is InChI=1S/C18H13N5O4S/c19-15(24)13-14-17(22-16(20-13)12-2-1-5-28-12)23(18(25)21-14)7-9-3-4-10-11(6-9)27-8-26-10/h1-6H,7-8H2,(H2,19,24)(H,21,25). The van der Waals surface area contributed by atoms with Crippen molar-refractivity contribution in [1.29, 1.82) is 0 Å². The predicted octanol–water partition coefficient (Wildman–Crippen LogP) is 1.72. The average molecular weight is 395 g/mol. The fourth-order valence-corrected chi connectivity index (χ4v) is 3.75. The van der Waals surface area contributed by atoms with Gasteiger partial charge in [0.2, 0.25) is 6.79 Å². The van der Waals surface area contributed by atoms with E-state index in [1.165, 1.54) is 15.9 Å². The van der Waals surface area contributed by atoms with E-state index in [4.69, 9.17) is 15.2 Å². The summed E-state index contributed by atoms with van der Waals surface area (Å²) in [6, 6.07) is 9.13. The van der Waals surface area contributed by atoms with Gasteiger partial charge in [-0.3, -0.25) is 9.36 Å². The number of rotatable bonds is 4. The number of nitrogens with one attached hydrogen (secondary N) is 1. The van der Waals surface area contributed by atoms with Crippen LogP contribution in [0.5, 0.6) is 11.5 Å². The highest BCUT2D eigenvalue weighted by molar-refractivity contribution is 7.13. The van der Waals surface area contributed by atoms with E-state index in [0.29, 0.717) is 23.0 Å². The predicted molar refractivity (Wildman–Crippen MR) is 102 cm³/mol. The molecule has 4 heterocycles. The Morgan fingerprint density at radius 2 is 2.11 bits per heavy atom. The minimum Gasteiger partial charge on any atom is -0.454 e. The van der Waals surface area contributed by atoms with Gasteiger partial charge in [-0.2, -0.15) is 0 Å². The van der Waals surface area contributed by atoms with E-state index in [2.05, 4.69) is 15.0 Å². The molecule has 0 spiro atoms. The summed E-state index contributed by atoms with van der Waals surface area (Å²) in [6.07, 6.45) is 0. The van der Waals surface area contributed by atoms with Gasteiger partial charge in [0.15, 0.2) is 28.7 Å². The number of carbonyl (C=O) groups excluding carboxylic acids is 1. The number of fused-ring (bicyclic) bond motifs is 2. The lowest BCUT2D eigenvalue weighted by Crippen LogP contribution is -2.17. The number of amides is 1. The van der Waals surface area contributed by atoms with Gasteiger partial charge in [0, 0.05) is 0 Å². The molecular weight excluding hydrogens is 382 g/mol. The highest BCUT2D eigenvalue weighted by Crippen LogP contribution is 2.33. The molecule has 0 atom stereocenters. The molecular formula is C18H13N5O4S. The largest absolute Gasteiger partial charge is 0.454 e. The zero-order chi connectivity index (χ0) is 19.3. The number of aromatic amines is 1. The summed E-state index contributed by atoms with van der Waals surface area (Å²) >= 11 is 1.43. The molecule has 0 aliphatic carbocycles. The third-order valence-corrected chi connectivity index (χ3v) is 5.24. The number of imidazole rings is 1. The first kappa shape index (κ1) is 16.5. The van der Waals surface area contributed by atoms with Crippen LogP contribution >= 0.6 is 11.3 Å². The molecule has 1 aromatic carbocycles. The maximum Gasteiger partial charge on any atom is 0.328 e. The molecule has 1 aliphatic rings. The molecule has 0 bridgehead atoms. The van der Waals surface area contributed by atoms with Gasteiger partial charge in [-0.05, 0) is 29.1 Å². The Hall–Kier alpha value is -3.66. The third-order valence-electron chi connectivity index (χ3n) is 4.38. The molecule has 3 N–H and O–H groups in total. The van der Waals surface area contributed by atoms with Crippen molar-refractivity contribution in [3.8, 4) is 22.2 Å². The second-order valence-corrected chi connectivity index (χ2v) is 7.09. The number of primary amides is 1. The minimum atomic E-state index is -0.735. The normalized spacial score (nSPS) is 12.6. The van der Waals surface area contributed by atoms with Gasteiger partial charge in [-0.1, -0.05) is 12.1 Å². The van der Waals surface area contributed by atoms with Crippen LogP contribution in [-0.4, -0.2) is 32.2 Å². The molecule has 0 saturated heterocycles. The highest BCUT2D eigenvalue weighted by atomic mass is 32.1. The minimum absolute atomic E-state index is 0.0186. The van der Waals surface area contributed by atoms with E-state index in [0.717, 1.165) is 10.4 Å². The van der Waals surface area contributed by atoms with Crippen LogP contribution in [0.25, 0.3) is 21.9 Å². The van der Waals surface area contributed by atoms with Crippen molar-refractivity contribution in [3.63, 3.8) is 0 Å². The molecule has 28 heavy (non-hydrogen) atoms. The Kier molecular flexibility index (Phi) is 3.66. The molecule has 1 amide bonds. The quantitative estimate of drug-likeness (QED) is 0.542. The molecule has 5 rings (SSSR count). The Balaban J connectivity index is 1.67. The Morgan fingerprint density at radius 3 is 2.89 bits per heavy atom. The number of nitrogens with two attached hydrogens (primary N) is 1. The molecule has 4 aromatic rings. The fourth-order valence-electron chi connectivity index (χ4n) is 3.09. The lowest BCUT2D eigenvalue weighted by molar-refractivity contribution is 0.0997. The van der Waals surface area contributed by atoms with Crippen LogP contribution in [0, 0.1) is 0 Å². The van der Waals surface area contributed by atoms with Crippen molar-refractivity contribution in [2.75, 3.05) is 6.79 Å². The SMILES string of the molecule is NC(=O)c1nc(-c2cccs2)nc2c1[nH]c(=O)n2Cc1ccc2c(c1)OCO2. The van der Waals surface area contributed by atoms with E-state index in [9.17, 15) is 9.59 Å². The number of hydrogen-bond donors (Lipinski definition) is 2. The van der Waals surface area contributed by atoms with Gasteiger partial charge in [-0.25, -0.2) is 14.8 Å². The molecule has 0 saturated carbocycles. The van der Waals surface area contributed by atoms with Crippen molar-refractivity contribution in [2.45, 2.75) is 6.54 Å². The number of aromatic nitrogens is 4. The van der Waals surface area contributed by atoms with Crippen LogP contribution in [0.2, 0.25) is 0 Å². The van der Waals surface area contributed by atoms with E-state index >= 15 is 0 Å². The molecule has 9 nitrogen and oxygen atoms in total. The molecule has 0 unspecified atom stereocenters. The molecule has 3 aromatic heterocycles. The maximum atomic E-state index is 12.6. The Morgan fingerprint density at radius 1 is 1.25 bits per heavy atom. The number of benzene rings is 1. The summed E-state index contributed by atoms with van der Waals surface area (Å²) < 4.78 is 12.1. The number of thiophene rings is 1. The Labute approximate surface area is 161 Å². The number of carbonyl (C=O) groups is 1. The first-order chi connectivity index (χ1) is 13.6.